The van der Waals surface area contributed by atoms with Crippen molar-refractivity contribution in [1.29, 1.82) is 0 Å². The molecule has 0 unspecified atom stereocenters. The highest BCUT2D eigenvalue weighted by molar-refractivity contribution is 7.92. The quantitative estimate of drug-likeness (QED) is 0.562. The van der Waals surface area contributed by atoms with Crippen LogP contribution in [0.15, 0.2) is 53.6 Å². The third kappa shape index (κ3) is 5.97. The number of hydrazone groups is 1. The van der Waals surface area contributed by atoms with Crippen molar-refractivity contribution in [2.75, 3.05) is 24.2 Å². The van der Waals surface area contributed by atoms with Crippen molar-refractivity contribution in [3.05, 3.63) is 59.1 Å². The van der Waals surface area contributed by atoms with Crippen LogP contribution in [0.25, 0.3) is 0 Å². The van der Waals surface area contributed by atoms with E-state index < -0.39 is 22.5 Å². The van der Waals surface area contributed by atoms with Gasteiger partial charge in [-0.25, -0.2) is 13.8 Å². The highest BCUT2D eigenvalue weighted by Crippen LogP contribution is 2.21. The Morgan fingerprint density at radius 1 is 1.15 bits per heavy atom. The van der Waals surface area contributed by atoms with Crippen LogP contribution in [0.2, 0.25) is 5.02 Å². The Hall–Kier alpha value is -2.58. The molecule has 2 rings (SSSR count). The van der Waals surface area contributed by atoms with Gasteiger partial charge in [0.2, 0.25) is 10.0 Å². The first-order valence-electron chi connectivity index (χ1n) is 7.91. The number of anilines is 1. The van der Waals surface area contributed by atoms with E-state index in [1.54, 1.807) is 55.5 Å². The molecule has 0 saturated heterocycles. The number of methoxy groups -OCH3 is 1. The second-order valence-electron chi connectivity index (χ2n) is 5.71. The van der Waals surface area contributed by atoms with Crippen LogP contribution in [0.4, 0.5) is 5.69 Å². The number of benzene rings is 2. The summed E-state index contributed by atoms with van der Waals surface area (Å²) in [7, 11) is -2.15. The molecular weight excluding hydrogens is 390 g/mol. The molecule has 0 radical (unpaired) electrons. The van der Waals surface area contributed by atoms with Crippen molar-refractivity contribution in [3.8, 4) is 5.75 Å². The van der Waals surface area contributed by atoms with Gasteiger partial charge in [0, 0.05) is 5.02 Å². The Labute approximate surface area is 163 Å². The zero-order valence-corrected chi connectivity index (χ0v) is 16.7. The Morgan fingerprint density at radius 3 is 2.26 bits per heavy atom. The van der Waals surface area contributed by atoms with Crippen LogP contribution >= 0.6 is 11.6 Å². The van der Waals surface area contributed by atoms with Gasteiger partial charge in [-0.05, 0) is 48.9 Å². The predicted octanol–water partition coefficient (Wildman–Crippen LogP) is 2.66. The average Bonchev–Trinajstić information content (AvgIpc) is 2.64. The van der Waals surface area contributed by atoms with Gasteiger partial charge in [-0.15, -0.1) is 0 Å². The van der Waals surface area contributed by atoms with Crippen molar-refractivity contribution < 1.29 is 17.9 Å². The number of halogens is 1. The summed E-state index contributed by atoms with van der Waals surface area (Å²) < 4.78 is 30.2. The average molecular weight is 410 g/mol. The van der Waals surface area contributed by atoms with Crippen LogP contribution in [0, 0.1) is 0 Å². The van der Waals surface area contributed by atoms with Crippen LogP contribution in [0.5, 0.6) is 5.75 Å². The maximum absolute atomic E-state index is 12.2. The highest BCUT2D eigenvalue weighted by Gasteiger charge is 2.20. The zero-order valence-electron chi connectivity index (χ0n) is 15.1. The van der Waals surface area contributed by atoms with Crippen molar-refractivity contribution in [3.63, 3.8) is 0 Å². The topological polar surface area (TPSA) is 88.1 Å². The number of sulfonamides is 1. The van der Waals surface area contributed by atoms with E-state index in [-0.39, 0.29) is 0 Å². The van der Waals surface area contributed by atoms with Crippen LogP contribution in [0.1, 0.15) is 12.5 Å². The third-order valence-electron chi connectivity index (χ3n) is 3.66. The predicted molar refractivity (Wildman–Crippen MR) is 107 cm³/mol. The number of hydrogen-bond donors (Lipinski definition) is 1. The molecule has 9 heteroatoms. The minimum Gasteiger partial charge on any atom is -0.497 e. The summed E-state index contributed by atoms with van der Waals surface area (Å²) >= 11 is 5.84. The molecule has 0 heterocycles. The van der Waals surface area contributed by atoms with E-state index >= 15 is 0 Å². The summed E-state index contributed by atoms with van der Waals surface area (Å²) in [5, 5.41) is 4.61. The van der Waals surface area contributed by atoms with Gasteiger partial charge in [-0.1, -0.05) is 23.7 Å². The maximum Gasteiger partial charge on any atom is 0.260 e. The minimum absolute atomic E-state index is 0.354. The second kappa shape index (κ2) is 8.88. The largest absolute Gasteiger partial charge is 0.497 e. The molecule has 1 N–H and O–H groups in total. The van der Waals surface area contributed by atoms with Crippen molar-refractivity contribution >= 4 is 38.9 Å². The lowest BCUT2D eigenvalue weighted by Crippen LogP contribution is -2.39. The molecule has 0 spiro atoms. The van der Waals surface area contributed by atoms with E-state index in [4.69, 9.17) is 16.3 Å². The Bertz CT molecular complexity index is 926. The molecule has 1 amide bonds. The Balaban J connectivity index is 2.11. The first-order chi connectivity index (χ1) is 12.7. The monoisotopic (exact) mass is 409 g/mol. The molecular formula is C18H20ClN3O4S. The molecule has 0 atom stereocenters. The van der Waals surface area contributed by atoms with E-state index in [1.165, 1.54) is 7.11 Å². The van der Waals surface area contributed by atoms with Gasteiger partial charge in [0.25, 0.3) is 5.91 Å². The second-order valence-corrected chi connectivity index (χ2v) is 8.05. The molecule has 0 saturated carbocycles. The van der Waals surface area contributed by atoms with Crippen molar-refractivity contribution in [2.24, 2.45) is 5.10 Å². The van der Waals surface area contributed by atoms with Gasteiger partial charge in [-0.3, -0.25) is 9.10 Å². The van der Waals surface area contributed by atoms with Crippen LogP contribution in [-0.2, 0) is 14.8 Å². The standard InChI is InChI=1S/C18H20ClN3O4S/c1-13(14-4-6-15(19)7-5-14)20-21-18(23)12-22(27(3,24)25)16-8-10-17(26-2)11-9-16/h4-11H,12H2,1-3H3,(H,21,23)/b20-13-. The van der Waals surface area contributed by atoms with Gasteiger partial charge in [-0.2, -0.15) is 5.10 Å². The van der Waals surface area contributed by atoms with Gasteiger partial charge in [0.05, 0.1) is 24.8 Å². The number of ether oxygens (including phenoxy) is 1. The molecule has 0 aliphatic carbocycles. The van der Waals surface area contributed by atoms with E-state index in [1.807, 2.05) is 0 Å². The van der Waals surface area contributed by atoms with Gasteiger partial charge in [0.1, 0.15) is 12.3 Å². The molecule has 0 bridgehead atoms. The van der Waals surface area contributed by atoms with E-state index in [0.29, 0.717) is 22.2 Å². The maximum atomic E-state index is 12.2. The first kappa shape index (κ1) is 20.7. The fraction of sp³-hybridized carbons (Fsp3) is 0.222. The van der Waals surface area contributed by atoms with Crippen LogP contribution in [0.3, 0.4) is 0 Å². The molecule has 0 aromatic heterocycles. The number of hydrogen-bond acceptors (Lipinski definition) is 5. The lowest BCUT2D eigenvalue weighted by molar-refractivity contribution is -0.119. The summed E-state index contributed by atoms with van der Waals surface area (Å²) in [5.41, 5.74) is 4.08. The first-order valence-corrected chi connectivity index (χ1v) is 10.1. The molecule has 2 aromatic carbocycles. The molecule has 144 valence electrons. The summed E-state index contributed by atoms with van der Waals surface area (Å²) in [6.45, 7) is 1.32. The van der Waals surface area contributed by atoms with Gasteiger partial charge in [0.15, 0.2) is 0 Å². The van der Waals surface area contributed by atoms with E-state index in [0.717, 1.165) is 16.1 Å². The number of nitrogens with zero attached hydrogens (tertiary/aromatic N) is 2. The van der Waals surface area contributed by atoms with E-state index in [2.05, 4.69) is 10.5 Å². The lowest BCUT2D eigenvalue weighted by Gasteiger charge is -2.21. The SMILES string of the molecule is COc1ccc(N(CC(=O)N/N=C(/C)c2ccc(Cl)cc2)S(C)(=O)=O)cc1. The minimum atomic E-state index is -3.66. The fourth-order valence-corrected chi connectivity index (χ4v) is 3.20. The number of amides is 1. The molecule has 0 fully saturated rings. The highest BCUT2D eigenvalue weighted by atomic mass is 35.5. The smallest absolute Gasteiger partial charge is 0.260 e. The zero-order chi connectivity index (χ0) is 20.0. The van der Waals surface area contributed by atoms with Crippen LogP contribution < -0.4 is 14.5 Å². The number of carbonyl (C=O) groups is 1. The molecule has 0 aliphatic heterocycles. The Morgan fingerprint density at radius 2 is 1.74 bits per heavy atom. The van der Waals surface area contributed by atoms with Crippen molar-refractivity contribution in [2.45, 2.75) is 6.92 Å². The number of carbonyl (C=O) groups excluding carboxylic acids is 1. The Kier molecular flexibility index (Phi) is 6.81. The van der Waals surface area contributed by atoms with Gasteiger partial charge >= 0.3 is 0 Å². The normalized spacial score (nSPS) is 11.8. The summed E-state index contributed by atoms with van der Waals surface area (Å²) in [6, 6.07) is 13.3. The molecule has 0 aliphatic rings. The van der Waals surface area contributed by atoms with Gasteiger partial charge < -0.3 is 4.74 Å². The summed E-state index contributed by atoms with van der Waals surface area (Å²) in [6.07, 6.45) is 1.03. The number of rotatable bonds is 7. The fourth-order valence-electron chi connectivity index (χ4n) is 2.22. The van der Waals surface area contributed by atoms with Crippen LogP contribution in [-0.4, -0.2) is 39.9 Å². The molecule has 7 nitrogen and oxygen atoms in total. The van der Waals surface area contributed by atoms with E-state index in [9.17, 15) is 13.2 Å². The summed E-state index contributed by atoms with van der Waals surface area (Å²) in [5.74, 6) is 0.0180. The molecule has 27 heavy (non-hydrogen) atoms. The van der Waals surface area contributed by atoms with Crippen molar-refractivity contribution in [1.82, 2.24) is 5.43 Å². The summed E-state index contributed by atoms with van der Waals surface area (Å²) in [4.78, 5) is 12.2. The number of nitrogens with one attached hydrogen (secondary N) is 1. The third-order valence-corrected chi connectivity index (χ3v) is 5.05. The molecule has 2 aromatic rings. The lowest BCUT2D eigenvalue weighted by atomic mass is 10.1.